The molecule has 2 aliphatic heterocycles. The van der Waals surface area contributed by atoms with Crippen molar-refractivity contribution in [2.24, 2.45) is 5.92 Å². The Morgan fingerprint density at radius 1 is 1.24 bits per heavy atom. The van der Waals surface area contributed by atoms with Crippen LogP contribution in [-0.4, -0.2) is 73.0 Å². The largest absolute Gasteiger partial charge is 0.418 e. The van der Waals surface area contributed by atoms with Crippen molar-refractivity contribution in [2.45, 2.75) is 32.1 Å². The van der Waals surface area contributed by atoms with Crippen LogP contribution in [0.2, 0.25) is 0 Å². The Morgan fingerprint density at radius 3 is 2.81 bits per heavy atom. The van der Waals surface area contributed by atoms with Gasteiger partial charge in [-0.2, -0.15) is 13.2 Å². The van der Waals surface area contributed by atoms with Crippen molar-refractivity contribution in [2.75, 3.05) is 51.8 Å². The maximum absolute atomic E-state index is 13.4. The number of fused-ring (bicyclic) bond motifs is 1. The number of alkyl halides is 3. The zero-order valence-electron chi connectivity index (χ0n) is 20.8. The molecule has 1 saturated heterocycles. The van der Waals surface area contributed by atoms with Crippen molar-refractivity contribution in [1.29, 1.82) is 0 Å². The summed E-state index contributed by atoms with van der Waals surface area (Å²) in [6, 6.07) is 7.95. The molecule has 0 spiro atoms. The Bertz CT molecular complexity index is 1110. The number of ether oxygens (including phenoxy) is 1. The van der Waals surface area contributed by atoms with E-state index in [-0.39, 0.29) is 43.1 Å². The second kappa shape index (κ2) is 11.9. The minimum atomic E-state index is -4.55. The second-order valence-electron chi connectivity index (χ2n) is 9.28. The maximum Gasteiger partial charge on any atom is 0.418 e. The summed E-state index contributed by atoms with van der Waals surface area (Å²) >= 11 is 0. The number of benzene rings is 1. The van der Waals surface area contributed by atoms with Crippen LogP contribution < -0.4 is 10.6 Å². The van der Waals surface area contributed by atoms with Gasteiger partial charge in [0.05, 0.1) is 36.9 Å². The number of likely N-dealkylation sites (N-methyl/N-ethyl adjacent to an activating group) is 1. The number of carbonyl (C=O) groups excluding carboxylic acids is 2. The average molecular weight is 520 g/mol. The first-order valence-electron chi connectivity index (χ1n) is 12.4. The molecular weight excluding hydrogens is 487 g/mol. The van der Waals surface area contributed by atoms with Crippen LogP contribution in [0.5, 0.6) is 0 Å². The van der Waals surface area contributed by atoms with Gasteiger partial charge in [-0.15, -0.1) is 0 Å². The van der Waals surface area contributed by atoms with Crippen LogP contribution in [0.1, 0.15) is 28.8 Å². The number of hydrogen-bond acceptors (Lipinski definition) is 6. The molecular formula is C26H32F3N5O3. The van der Waals surface area contributed by atoms with E-state index in [1.54, 1.807) is 7.05 Å². The Labute approximate surface area is 214 Å². The van der Waals surface area contributed by atoms with E-state index in [0.717, 1.165) is 29.3 Å². The molecule has 1 unspecified atom stereocenters. The van der Waals surface area contributed by atoms with Crippen LogP contribution in [0.4, 0.5) is 18.9 Å². The Hall–Kier alpha value is -3.18. The molecule has 2 N–H and O–H groups in total. The number of hydrogen-bond donors (Lipinski definition) is 2. The fourth-order valence-corrected chi connectivity index (χ4v) is 4.77. The van der Waals surface area contributed by atoms with Crippen molar-refractivity contribution in [3.05, 3.63) is 58.9 Å². The number of nitrogens with one attached hydrogen (secondary N) is 2. The monoisotopic (exact) mass is 519 g/mol. The Kier molecular flexibility index (Phi) is 8.65. The second-order valence-corrected chi connectivity index (χ2v) is 9.28. The maximum atomic E-state index is 13.4. The van der Waals surface area contributed by atoms with E-state index >= 15 is 0 Å². The third kappa shape index (κ3) is 6.58. The van der Waals surface area contributed by atoms with Crippen molar-refractivity contribution in [1.82, 2.24) is 20.1 Å². The third-order valence-electron chi connectivity index (χ3n) is 6.81. The molecule has 2 aromatic rings. The van der Waals surface area contributed by atoms with Gasteiger partial charge in [-0.3, -0.25) is 14.6 Å². The van der Waals surface area contributed by atoms with E-state index < -0.39 is 11.7 Å². The molecule has 0 saturated carbocycles. The van der Waals surface area contributed by atoms with Crippen molar-refractivity contribution in [3.63, 3.8) is 0 Å². The molecule has 1 aromatic heterocycles. The first-order valence-corrected chi connectivity index (χ1v) is 12.4. The molecule has 1 atom stereocenters. The van der Waals surface area contributed by atoms with Gasteiger partial charge in [-0.05, 0) is 49.2 Å². The number of nitrogens with zero attached hydrogens (tertiary/aromatic N) is 3. The third-order valence-corrected chi connectivity index (χ3v) is 6.81. The first kappa shape index (κ1) is 26.9. The predicted molar refractivity (Wildman–Crippen MR) is 132 cm³/mol. The molecule has 11 heteroatoms. The quantitative estimate of drug-likeness (QED) is 0.530. The molecule has 3 heterocycles. The van der Waals surface area contributed by atoms with Crippen LogP contribution in [0.25, 0.3) is 0 Å². The van der Waals surface area contributed by atoms with Gasteiger partial charge in [-0.25, -0.2) is 0 Å². The summed E-state index contributed by atoms with van der Waals surface area (Å²) in [7, 11) is 1.72. The van der Waals surface area contributed by atoms with Crippen molar-refractivity contribution >= 4 is 17.5 Å². The highest BCUT2D eigenvalue weighted by molar-refractivity contribution is 5.82. The summed E-state index contributed by atoms with van der Waals surface area (Å²) in [6.07, 6.45) is -1.85. The van der Waals surface area contributed by atoms with E-state index in [1.807, 2.05) is 23.1 Å². The summed E-state index contributed by atoms with van der Waals surface area (Å²) in [5, 5.41) is 6.12. The fraction of sp³-hybridized carbons (Fsp3) is 0.500. The number of amides is 2. The van der Waals surface area contributed by atoms with Crippen LogP contribution in [0.3, 0.4) is 0 Å². The number of halogens is 3. The molecule has 8 nitrogen and oxygen atoms in total. The summed E-state index contributed by atoms with van der Waals surface area (Å²) in [5.41, 5.74) is 1.84. The molecule has 2 aliphatic rings. The summed E-state index contributed by atoms with van der Waals surface area (Å²) in [6.45, 7) is 2.52. The highest BCUT2D eigenvalue weighted by Crippen LogP contribution is 2.32. The van der Waals surface area contributed by atoms with E-state index in [9.17, 15) is 22.8 Å². The van der Waals surface area contributed by atoms with Gasteiger partial charge >= 0.3 is 6.18 Å². The van der Waals surface area contributed by atoms with E-state index in [4.69, 9.17) is 4.74 Å². The van der Waals surface area contributed by atoms with E-state index in [0.29, 0.717) is 39.3 Å². The van der Waals surface area contributed by atoms with Gasteiger partial charge in [0.1, 0.15) is 0 Å². The molecule has 200 valence electrons. The van der Waals surface area contributed by atoms with E-state index in [2.05, 4.69) is 15.6 Å². The number of rotatable bonds is 9. The van der Waals surface area contributed by atoms with Crippen LogP contribution >= 0.6 is 0 Å². The number of pyridine rings is 1. The van der Waals surface area contributed by atoms with Crippen molar-refractivity contribution in [3.8, 4) is 0 Å². The lowest BCUT2D eigenvalue weighted by Crippen LogP contribution is -2.41. The van der Waals surface area contributed by atoms with Crippen molar-refractivity contribution < 1.29 is 27.5 Å². The summed E-state index contributed by atoms with van der Waals surface area (Å²) in [4.78, 5) is 33.1. The van der Waals surface area contributed by atoms with Gasteiger partial charge in [-0.1, -0.05) is 12.1 Å². The molecule has 4 rings (SSSR count). The van der Waals surface area contributed by atoms with Crippen LogP contribution in [-0.2, 0) is 40.0 Å². The smallest absolute Gasteiger partial charge is 0.381 e. The molecule has 1 fully saturated rings. The Morgan fingerprint density at radius 2 is 2.08 bits per heavy atom. The molecule has 37 heavy (non-hydrogen) atoms. The SMILES string of the molecule is CNCCN(Cc1ncccc1C(F)(F)F)C(=O)CNc1cccc2c1CCN(C(=O)C1CCOC1)C2. The summed E-state index contributed by atoms with van der Waals surface area (Å²) < 4.78 is 45.7. The normalized spacial score (nSPS) is 17.4. The van der Waals surface area contributed by atoms with Gasteiger partial charge in [0.2, 0.25) is 11.8 Å². The topological polar surface area (TPSA) is 86.8 Å². The zero-order valence-corrected chi connectivity index (χ0v) is 20.8. The van der Waals surface area contributed by atoms with Gasteiger partial charge in [0, 0.05) is 44.7 Å². The molecule has 1 aromatic carbocycles. The molecule has 0 aliphatic carbocycles. The number of anilines is 1. The molecule has 0 bridgehead atoms. The lowest BCUT2D eigenvalue weighted by atomic mass is 9.96. The first-order chi connectivity index (χ1) is 17.8. The van der Waals surface area contributed by atoms with Crippen LogP contribution in [0.15, 0.2) is 36.5 Å². The fourth-order valence-electron chi connectivity index (χ4n) is 4.77. The zero-order chi connectivity index (χ0) is 26.4. The van der Waals surface area contributed by atoms with Gasteiger partial charge < -0.3 is 25.2 Å². The van der Waals surface area contributed by atoms with Gasteiger partial charge in [0.25, 0.3) is 0 Å². The lowest BCUT2D eigenvalue weighted by molar-refractivity contribution is -0.140. The number of aromatic nitrogens is 1. The van der Waals surface area contributed by atoms with Crippen LogP contribution in [0, 0.1) is 5.92 Å². The minimum Gasteiger partial charge on any atom is -0.381 e. The van der Waals surface area contributed by atoms with Gasteiger partial charge in [0.15, 0.2) is 0 Å². The van der Waals surface area contributed by atoms with E-state index in [1.165, 1.54) is 17.2 Å². The Balaban J connectivity index is 1.42. The lowest BCUT2D eigenvalue weighted by Gasteiger charge is -2.32. The highest BCUT2D eigenvalue weighted by atomic mass is 19.4. The number of carbonyl (C=O) groups is 2. The predicted octanol–water partition coefficient (Wildman–Crippen LogP) is 2.68. The summed E-state index contributed by atoms with van der Waals surface area (Å²) in [5.74, 6) is -0.300. The highest BCUT2D eigenvalue weighted by Gasteiger charge is 2.35. The molecule has 2 amide bonds. The minimum absolute atomic E-state index is 0.0730. The standard InChI is InChI=1S/C26H32F3N5O3/c1-30-10-12-33(16-23-21(26(27,28)29)5-3-9-31-23)24(35)14-32-22-6-2-4-18-15-34(11-7-20(18)22)25(36)19-8-13-37-17-19/h2-6,9,19,30,32H,7-8,10-17H2,1H3. The average Bonchev–Trinajstić information content (AvgIpc) is 3.43. The molecule has 0 radical (unpaired) electrons.